The first kappa shape index (κ1) is 15.0. The van der Waals surface area contributed by atoms with Crippen LogP contribution in [0.2, 0.25) is 0 Å². The van der Waals surface area contributed by atoms with E-state index in [1.807, 2.05) is 13.8 Å². The van der Waals surface area contributed by atoms with Crippen molar-refractivity contribution >= 4 is 12.4 Å². The first-order chi connectivity index (χ1) is 9.51. The zero-order chi connectivity index (χ0) is 14.8. The third-order valence-corrected chi connectivity index (χ3v) is 6.65. The first-order valence-corrected chi connectivity index (χ1v) is 9.02. The summed E-state index contributed by atoms with van der Waals surface area (Å²) in [5.74, 6) is 1.52. The summed E-state index contributed by atoms with van der Waals surface area (Å²) in [5.41, 5.74) is 0. The molecule has 0 spiro atoms. The average molecular weight is 296 g/mol. The zero-order valence-corrected chi connectivity index (χ0v) is 13.3. The van der Waals surface area contributed by atoms with E-state index in [9.17, 15) is 4.57 Å². The monoisotopic (exact) mass is 296 g/mol. The molecule has 2 rings (SSSR count). The van der Waals surface area contributed by atoms with Crippen molar-refractivity contribution in [1.82, 2.24) is 20.2 Å². The van der Waals surface area contributed by atoms with E-state index in [0.29, 0.717) is 36.4 Å². The highest BCUT2D eigenvalue weighted by Crippen LogP contribution is 2.46. The van der Waals surface area contributed by atoms with Crippen molar-refractivity contribution < 1.29 is 8.98 Å². The molecule has 0 saturated heterocycles. The molecule has 20 heavy (non-hydrogen) atoms. The molecule has 0 atom stereocenters. The van der Waals surface area contributed by atoms with Gasteiger partial charge in [0.1, 0.15) is 7.14 Å². The Labute approximate surface area is 118 Å². The lowest BCUT2D eigenvalue weighted by molar-refractivity contribution is 0.469. The molecule has 2 heterocycles. The summed E-state index contributed by atoms with van der Waals surface area (Å²) in [6.45, 7) is 8.77. The van der Waals surface area contributed by atoms with Gasteiger partial charge in [-0.25, -0.2) is 4.68 Å². The largest absolute Gasteiger partial charge is 0.460 e. The molecule has 0 aromatic carbocycles. The second-order valence-electron chi connectivity index (χ2n) is 5.24. The highest BCUT2D eigenvalue weighted by molar-refractivity contribution is 7.71. The van der Waals surface area contributed by atoms with E-state index >= 15 is 0 Å². The molecule has 110 valence electrons. The Morgan fingerprint density at radius 3 is 2.65 bits per heavy atom. The molecule has 0 aliphatic heterocycles. The molecule has 0 amide bonds. The van der Waals surface area contributed by atoms with Crippen molar-refractivity contribution in [2.24, 2.45) is 5.92 Å². The maximum absolute atomic E-state index is 12.9. The fourth-order valence-corrected chi connectivity index (χ4v) is 4.18. The number of tetrazole rings is 1. The van der Waals surface area contributed by atoms with Crippen LogP contribution >= 0.6 is 7.14 Å². The SMILES string of the molecule is CCP(=O)(CC)c1ccoc1-c1nnnn1CC(C)C. The number of aromatic nitrogens is 4. The fourth-order valence-electron chi connectivity index (χ4n) is 2.19. The van der Waals surface area contributed by atoms with Crippen molar-refractivity contribution in [3.05, 3.63) is 12.3 Å². The Morgan fingerprint density at radius 1 is 1.35 bits per heavy atom. The number of nitrogens with zero attached hydrogens (tertiary/aromatic N) is 4. The van der Waals surface area contributed by atoms with E-state index in [-0.39, 0.29) is 0 Å². The highest BCUT2D eigenvalue weighted by Gasteiger charge is 2.29. The van der Waals surface area contributed by atoms with E-state index in [2.05, 4.69) is 29.4 Å². The van der Waals surface area contributed by atoms with Crippen LogP contribution in [0.15, 0.2) is 16.7 Å². The zero-order valence-electron chi connectivity index (χ0n) is 12.4. The summed E-state index contributed by atoms with van der Waals surface area (Å²) in [6.07, 6.45) is 2.79. The van der Waals surface area contributed by atoms with Crippen LogP contribution < -0.4 is 5.30 Å². The molecule has 6 nitrogen and oxygen atoms in total. The van der Waals surface area contributed by atoms with Gasteiger partial charge in [0, 0.05) is 18.9 Å². The standard InChI is InChI=1S/C13H21N4O2P/c1-5-20(18,6-2)11-7-8-19-12(11)13-14-15-16-17(13)9-10(3)4/h7-8,10H,5-6,9H2,1-4H3. The molecule has 0 unspecified atom stereocenters. The molecule has 0 bridgehead atoms. The normalized spacial score (nSPS) is 12.2. The molecule has 0 radical (unpaired) electrons. The third kappa shape index (κ3) is 2.70. The average Bonchev–Trinajstić information content (AvgIpc) is 3.05. The van der Waals surface area contributed by atoms with Crippen LogP contribution in [-0.4, -0.2) is 32.5 Å². The van der Waals surface area contributed by atoms with E-state index in [0.717, 1.165) is 5.30 Å². The van der Waals surface area contributed by atoms with Gasteiger partial charge >= 0.3 is 0 Å². The van der Waals surface area contributed by atoms with Gasteiger partial charge in [-0.3, -0.25) is 0 Å². The predicted molar refractivity (Wildman–Crippen MR) is 78.7 cm³/mol. The van der Waals surface area contributed by atoms with Crippen molar-refractivity contribution in [2.45, 2.75) is 34.2 Å². The van der Waals surface area contributed by atoms with E-state index < -0.39 is 7.14 Å². The number of hydrogen-bond acceptors (Lipinski definition) is 5. The van der Waals surface area contributed by atoms with Crippen LogP contribution in [0.3, 0.4) is 0 Å². The number of hydrogen-bond donors (Lipinski definition) is 0. The first-order valence-electron chi connectivity index (χ1n) is 6.94. The maximum Gasteiger partial charge on any atom is 0.218 e. The molecule has 0 aliphatic rings. The second-order valence-corrected chi connectivity index (χ2v) is 8.76. The molecule has 2 aromatic heterocycles. The minimum atomic E-state index is -2.42. The Hall–Kier alpha value is -1.42. The number of furan rings is 1. The van der Waals surface area contributed by atoms with Crippen molar-refractivity contribution in [2.75, 3.05) is 12.3 Å². The van der Waals surface area contributed by atoms with Crippen LogP contribution in [0.4, 0.5) is 0 Å². The fraction of sp³-hybridized carbons (Fsp3) is 0.615. The summed E-state index contributed by atoms with van der Waals surface area (Å²) in [4.78, 5) is 0. The minimum Gasteiger partial charge on any atom is -0.460 e. The highest BCUT2D eigenvalue weighted by atomic mass is 31.2. The van der Waals surface area contributed by atoms with Crippen LogP contribution in [-0.2, 0) is 11.1 Å². The Morgan fingerprint density at radius 2 is 2.05 bits per heavy atom. The molecule has 2 aromatic rings. The molecule has 0 N–H and O–H groups in total. The third-order valence-electron chi connectivity index (χ3n) is 3.38. The molecular weight excluding hydrogens is 275 g/mol. The van der Waals surface area contributed by atoms with Crippen molar-refractivity contribution in [1.29, 1.82) is 0 Å². The van der Waals surface area contributed by atoms with Crippen molar-refractivity contribution in [3.8, 4) is 11.6 Å². The smallest absolute Gasteiger partial charge is 0.218 e. The molecule has 7 heteroatoms. The predicted octanol–water partition coefficient (Wildman–Crippen LogP) is 2.62. The molecule has 0 aliphatic carbocycles. The van der Waals surface area contributed by atoms with Gasteiger partial charge in [0.15, 0.2) is 5.76 Å². The number of rotatable bonds is 6. The summed E-state index contributed by atoms with van der Waals surface area (Å²) in [7, 11) is -2.42. The van der Waals surface area contributed by atoms with Gasteiger partial charge < -0.3 is 8.98 Å². The minimum absolute atomic E-state index is 0.416. The van der Waals surface area contributed by atoms with Crippen LogP contribution in [0, 0.1) is 5.92 Å². The molecule has 0 saturated carbocycles. The lowest BCUT2D eigenvalue weighted by Crippen LogP contribution is -2.13. The van der Waals surface area contributed by atoms with Gasteiger partial charge in [-0.1, -0.05) is 27.7 Å². The van der Waals surface area contributed by atoms with Gasteiger partial charge in [0.05, 0.1) is 11.6 Å². The van der Waals surface area contributed by atoms with E-state index in [4.69, 9.17) is 4.42 Å². The Bertz CT molecular complexity index is 609. The second kappa shape index (κ2) is 5.92. The topological polar surface area (TPSA) is 73.8 Å². The Kier molecular flexibility index (Phi) is 4.43. The van der Waals surface area contributed by atoms with Crippen molar-refractivity contribution in [3.63, 3.8) is 0 Å². The van der Waals surface area contributed by atoms with Crippen LogP contribution in [0.1, 0.15) is 27.7 Å². The van der Waals surface area contributed by atoms with Gasteiger partial charge in [-0.2, -0.15) is 0 Å². The lowest BCUT2D eigenvalue weighted by Gasteiger charge is -2.14. The summed E-state index contributed by atoms with van der Waals surface area (Å²) in [5, 5.41) is 12.5. The summed E-state index contributed by atoms with van der Waals surface area (Å²) in [6, 6.07) is 1.79. The summed E-state index contributed by atoms with van der Waals surface area (Å²) < 4.78 is 20.2. The van der Waals surface area contributed by atoms with Crippen LogP contribution in [0.5, 0.6) is 0 Å². The van der Waals surface area contributed by atoms with Gasteiger partial charge in [-0.05, 0) is 22.4 Å². The van der Waals surface area contributed by atoms with Gasteiger partial charge in [-0.15, -0.1) is 5.10 Å². The van der Waals surface area contributed by atoms with Gasteiger partial charge in [0.25, 0.3) is 0 Å². The maximum atomic E-state index is 12.9. The molecule has 0 fully saturated rings. The molecular formula is C13H21N4O2P. The van der Waals surface area contributed by atoms with E-state index in [1.54, 1.807) is 17.0 Å². The summed E-state index contributed by atoms with van der Waals surface area (Å²) >= 11 is 0. The van der Waals surface area contributed by atoms with Gasteiger partial charge in [0.2, 0.25) is 5.82 Å². The quantitative estimate of drug-likeness (QED) is 0.766. The van der Waals surface area contributed by atoms with E-state index in [1.165, 1.54) is 0 Å². The lowest BCUT2D eigenvalue weighted by atomic mass is 10.2. The Balaban J connectivity index is 2.48. The van der Waals surface area contributed by atoms with Crippen LogP contribution in [0.25, 0.3) is 11.6 Å².